The second-order valence-corrected chi connectivity index (χ2v) is 13.2. The molecule has 2 nitrogen and oxygen atoms in total. The number of rotatable bonds is 1. The van der Waals surface area contributed by atoms with Crippen LogP contribution in [0.3, 0.4) is 0 Å². The third-order valence-corrected chi connectivity index (χ3v) is 11.1. The highest BCUT2D eigenvalue weighted by Crippen LogP contribution is 2.57. The van der Waals surface area contributed by atoms with Gasteiger partial charge >= 0.3 is 0 Å². The van der Waals surface area contributed by atoms with Crippen LogP contribution in [0.5, 0.6) is 0 Å². The van der Waals surface area contributed by atoms with Crippen molar-refractivity contribution in [3.05, 3.63) is 127 Å². The van der Waals surface area contributed by atoms with Crippen LogP contribution in [0.4, 0.5) is 38.5 Å². The first-order valence-electron chi connectivity index (χ1n) is 14.1. The highest BCUT2D eigenvalue weighted by Gasteiger charge is 2.47. The molecule has 0 spiro atoms. The zero-order chi connectivity index (χ0) is 27.5. The fourth-order valence-electron chi connectivity index (χ4n) is 7.24. The maximum atomic E-state index is 15.5. The van der Waals surface area contributed by atoms with Crippen LogP contribution in [0.15, 0.2) is 141 Å². The molecule has 0 amide bonds. The van der Waals surface area contributed by atoms with Gasteiger partial charge in [-0.2, -0.15) is 0 Å². The van der Waals surface area contributed by atoms with Crippen LogP contribution >= 0.6 is 23.5 Å². The lowest BCUT2D eigenvalue weighted by molar-refractivity contribution is 0.631. The number of fused-ring (bicyclic) bond motifs is 8. The third kappa shape index (κ3) is 2.93. The van der Waals surface area contributed by atoms with Crippen molar-refractivity contribution in [2.45, 2.75) is 19.6 Å². The summed E-state index contributed by atoms with van der Waals surface area (Å²) in [6.45, 7) is 0.0683. The summed E-state index contributed by atoms with van der Waals surface area (Å²) in [6, 6.07) is 42.4. The molecule has 42 heavy (non-hydrogen) atoms. The van der Waals surface area contributed by atoms with Gasteiger partial charge in [0.15, 0.2) is 0 Å². The number of nitrogens with zero attached hydrogens (tertiary/aromatic N) is 2. The van der Waals surface area contributed by atoms with E-state index in [0.717, 1.165) is 16.9 Å². The maximum Gasteiger partial charge on any atom is 0.252 e. The van der Waals surface area contributed by atoms with Crippen molar-refractivity contribution in [1.82, 2.24) is 0 Å². The van der Waals surface area contributed by atoms with Crippen LogP contribution in [0.2, 0.25) is 0 Å². The van der Waals surface area contributed by atoms with Gasteiger partial charge in [-0.25, -0.2) is 4.39 Å². The Balaban J connectivity index is 1.38. The molecule has 0 unspecified atom stereocenters. The van der Waals surface area contributed by atoms with E-state index in [1.165, 1.54) is 58.7 Å². The molecule has 6 heteroatoms. The van der Waals surface area contributed by atoms with Gasteiger partial charge in [-0.15, -0.1) is 0 Å². The molecule has 0 fully saturated rings. The Kier molecular flexibility index (Phi) is 4.61. The Labute approximate surface area is 251 Å². The first-order chi connectivity index (χ1) is 20.8. The van der Waals surface area contributed by atoms with Crippen LogP contribution in [-0.4, -0.2) is 6.71 Å². The van der Waals surface area contributed by atoms with Gasteiger partial charge in [0.05, 0.1) is 22.7 Å². The van der Waals surface area contributed by atoms with Crippen molar-refractivity contribution in [3.8, 4) is 11.1 Å². The van der Waals surface area contributed by atoms with E-state index in [-0.39, 0.29) is 12.5 Å². The second kappa shape index (κ2) is 8.34. The molecule has 0 aromatic heterocycles. The minimum Gasteiger partial charge on any atom is -0.309 e. The summed E-state index contributed by atoms with van der Waals surface area (Å²) in [7, 11) is 0. The van der Waals surface area contributed by atoms with E-state index >= 15 is 4.39 Å². The molecular formula is C36H20BFN2S2. The lowest BCUT2D eigenvalue weighted by atomic mass is 9.33. The average Bonchev–Trinajstić information content (AvgIpc) is 3.03. The summed E-state index contributed by atoms with van der Waals surface area (Å²) in [5.41, 5.74) is 12.5. The smallest absolute Gasteiger partial charge is 0.252 e. The van der Waals surface area contributed by atoms with E-state index in [2.05, 4.69) is 107 Å². The van der Waals surface area contributed by atoms with E-state index in [1.807, 2.05) is 35.7 Å². The molecule has 0 aliphatic carbocycles. The molecule has 0 atom stereocenters. The lowest BCUT2D eigenvalue weighted by Crippen LogP contribution is -2.62. The van der Waals surface area contributed by atoms with Crippen LogP contribution in [0.1, 0.15) is 0 Å². The quantitative estimate of drug-likeness (QED) is 0.181. The minimum atomic E-state index is -0.209. The van der Waals surface area contributed by atoms with Crippen LogP contribution in [0.25, 0.3) is 11.1 Å². The molecule has 6 aromatic rings. The van der Waals surface area contributed by atoms with E-state index in [0.29, 0.717) is 5.56 Å². The summed E-state index contributed by atoms with van der Waals surface area (Å²) in [6.07, 6.45) is 0. The van der Waals surface area contributed by atoms with Gasteiger partial charge in [0.1, 0.15) is 5.82 Å². The zero-order valence-electron chi connectivity index (χ0n) is 22.2. The molecule has 0 bridgehead atoms. The largest absolute Gasteiger partial charge is 0.309 e. The predicted molar refractivity (Wildman–Crippen MR) is 174 cm³/mol. The fraction of sp³-hybridized carbons (Fsp3) is 0. The molecule has 4 aliphatic heterocycles. The summed E-state index contributed by atoms with van der Waals surface area (Å²) in [5.74, 6) is -0.209. The number of para-hydroxylation sites is 4. The molecule has 10 rings (SSSR count). The van der Waals surface area contributed by atoms with E-state index in [1.54, 1.807) is 12.1 Å². The Bertz CT molecular complexity index is 2040. The topological polar surface area (TPSA) is 6.48 Å². The highest BCUT2D eigenvalue weighted by atomic mass is 32.2. The van der Waals surface area contributed by atoms with Gasteiger partial charge < -0.3 is 9.80 Å². The van der Waals surface area contributed by atoms with Crippen molar-refractivity contribution >= 4 is 80.7 Å². The monoisotopic (exact) mass is 574 g/mol. The van der Waals surface area contributed by atoms with E-state index in [9.17, 15) is 0 Å². The molecular weight excluding hydrogens is 554 g/mol. The normalized spacial score (nSPS) is 14.5. The van der Waals surface area contributed by atoms with E-state index in [4.69, 9.17) is 0 Å². The predicted octanol–water partition coefficient (Wildman–Crippen LogP) is 8.50. The number of halogens is 1. The molecule has 4 aliphatic rings. The number of anilines is 6. The first kappa shape index (κ1) is 23.2. The van der Waals surface area contributed by atoms with Crippen molar-refractivity contribution in [2.75, 3.05) is 9.80 Å². The molecule has 0 saturated heterocycles. The molecule has 6 aromatic carbocycles. The average molecular weight is 575 g/mol. The summed E-state index contributed by atoms with van der Waals surface area (Å²) in [5, 5.41) is 0. The zero-order valence-corrected chi connectivity index (χ0v) is 23.8. The SMILES string of the molecule is Fc1ccccc1-c1cc2c3c(c1)N1c4ccccc4Sc4cccc(c41)B3c1cccc3c1N2c1ccccc1S3. The molecule has 0 saturated carbocycles. The summed E-state index contributed by atoms with van der Waals surface area (Å²) in [4.78, 5) is 9.83. The summed E-state index contributed by atoms with van der Waals surface area (Å²) >= 11 is 3.67. The lowest BCUT2D eigenvalue weighted by Gasteiger charge is -2.47. The van der Waals surface area contributed by atoms with Crippen molar-refractivity contribution in [1.29, 1.82) is 0 Å². The number of benzene rings is 6. The minimum absolute atomic E-state index is 0.0683. The standard InChI is InChI=1S/C36H20BFN2S2/c38-25-12-2-1-9-22(25)21-19-28-34-29(20-21)40-27-14-4-6-16-31(27)42-33-18-8-11-24(36(33)40)37(34)23-10-7-17-32-35(23)39(28)26-13-3-5-15-30(26)41-32/h1-20H. The molecule has 0 N–H and O–H groups in total. The van der Waals surface area contributed by atoms with Gasteiger partial charge in [-0.05, 0) is 76.5 Å². The Morgan fingerprint density at radius 3 is 1.57 bits per heavy atom. The van der Waals surface area contributed by atoms with Crippen LogP contribution < -0.4 is 26.2 Å². The van der Waals surface area contributed by atoms with Gasteiger partial charge in [-0.3, -0.25) is 0 Å². The summed E-state index contributed by atoms with van der Waals surface area (Å²) < 4.78 is 15.5. The van der Waals surface area contributed by atoms with Crippen LogP contribution in [-0.2, 0) is 0 Å². The third-order valence-electron chi connectivity index (χ3n) is 8.87. The van der Waals surface area contributed by atoms with Crippen molar-refractivity contribution in [2.24, 2.45) is 0 Å². The molecule has 4 heterocycles. The fourth-order valence-corrected chi connectivity index (χ4v) is 9.44. The first-order valence-corrected chi connectivity index (χ1v) is 15.7. The van der Waals surface area contributed by atoms with Gasteiger partial charge in [0.2, 0.25) is 0 Å². The number of hydrogen-bond donors (Lipinski definition) is 0. The highest BCUT2D eigenvalue weighted by molar-refractivity contribution is 8.00. The van der Waals surface area contributed by atoms with Gasteiger partial charge in [0.25, 0.3) is 6.71 Å². The Morgan fingerprint density at radius 1 is 0.500 bits per heavy atom. The van der Waals surface area contributed by atoms with E-state index < -0.39 is 0 Å². The Morgan fingerprint density at radius 2 is 1.00 bits per heavy atom. The van der Waals surface area contributed by atoms with Gasteiger partial charge in [-0.1, -0.05) is 90.3 Å². The van der Waals surface area contributed by atoms with Crippen LogP contribution in [0, 0.1) is 5.82 Å². The van der Waals surface area contributed by atoms with Crippen molar-refractivity contribution < 1.29 is 4.39 Å². The molecule has 196 valence electrons. The maximum absolute atomic E-state index is 15.5. The van der Waals surface area contributed by atoms with Crippen molar-refractivity contribution in [3.63, 3.8) is 0 Å². The second-order valence-electron chi connectivity index (χ2n) is 11.0. The number of hydrogen-bond acceptors (Lipinski definition) is 4. The van der Waals surface area contributed by atoms with Gasteiger partial charge in [0, 0.05) is 36.5 Å². The Hall–Kier alpha value is -4.39. The molecule has 0 radical (unpaired) electrons.